The van der Waals surface area contributed by atoms with Crippen LogP contribution in [0.15, 0.2) is 97.1 Å². The van der Waals surface area contributed by atoms with Gasteiger partial charge < -0.3 is 53.4 Å². The minimum Gasteiger partial charge on any atom is -0.508 e. The minimum atomic E-state index is 0.176. The van der Waals surface area contributed by atoms with Crippen molar-refractivity contribution in [3.63, 3.8) is 0 Å². The van der Waals surface area contributed by atoms with Gasteiger partial charge in [0.25, 0.3) is 0 Å². The molecule has 11 heteroatoms. The maximum Gasteiger partial charge on any atom is 0.123 e. The first kappa shape index (κ1) is 37.3. The highest BCUT2D eigenvalue weighted by molar-refractivity contribution is 5.32. The number of ether oxygens (including phenoxy) is 8. The monoisotopic (exact) mass is 678 g/mol. The third-order valence-corrected chi connectivity index (χ3v) is 6.97. The highest BCUT2D eigenvalue weighted by Gasteiger charge is 2.02. The quantitative estimate of drug-likeness (QED) is 0.0825. The summed E-state index contributed by atoms with van der Waals surface area (Å²) in [7, 11) is 0. The summed E-state index contributed by atoms with van der Waals surface area (Å²) in [5.41, 5.74) is 2.45. The van der Waals surface area contributed by atoms with Crippen molar-refractivity contribution in [1.29, 1.82) is 0 Å². The van der Waals surface area contributed by atoms with Gasteiger partial charge in [0.2, 0.25) is 0 Å². The van der Waals surface area contributed by atoms with Crippen molar-refractivity contribution in [3.8, 4) is 34.5 Å². The van der Waals surface area contributed by atoms with Crippen molar-refractivity contribution < 1.29 is 53.4 Å². The summed E-state index contributed by atoms with van der Waals surface area (Å²) in [4.78, 5) is 0. The van der Waals surface area contributed by atoms with Crippen molar-refractivity contribution >= 4 is 0 Å². The van der Waals surface area contributed by atoms with E-state index in [1.807, 2.05) is 24.3 Å². The molecule has 0 atom stereocenters. The van der Waals surface area contributed by atoms with Crippen LogP contribution >= 0.6 is 0 Å². The molecule has 0 heterocycles. The highest BCUT2D eigenvalue weighted by Crippen LogP contribution is 2.18. The van der Waals surface area contributed by atoms with E-state index in [2.05, 4.69) is 29.6 Å². The summed E-state index contributed by atoms with van der Waals surface area (Å²) in [6.07, 6.45) is 0. The molecule has 4 N–H and O–H groups in total. The van der Waals surface area contributed by atoms with Gasteiger partial charge in [-0.15, -0.1) is 0 Å². The number of quaternary nitrogens is 1. The minimum absolute atomic E-state index is 0.176. The maximum absolute atomic E-state index is 9.43. The van der Waals surface area contributed by atoms with Crippen molar-refractivity contribution in [3.05, 3.63) is 108 Å². The molecule has 0 bridgehead atoms. The average Bonchev–Trinajstić information content (AvgIpc) is 3.11. The summed E-state index contributed by atoms with van der Waals surface area (Å²) < 4.78 is 44.7. The molecule has 0 radical (unpaired) electrons. The van der Waals surface area contributed by atoms with Crippen molar-refractivity contribution in [2.24, 2.45) is 0 Å². The van der Waals surface area contributed by atoms with Gasteiger partial charge in [-0.05, 0) is 72.8 Å². The Labute approximate surface area is 288 Å². The van der Waals surface area contributed by atoms with E-state index < -0.39 is 0 Å². The van der Waals surface area contributed by atoms with Crippen molar-refractivity contribution in [1.82, 2.24) is 0 Å². The summed E-state index contributed by atoms with van der Waals surface area (Å²) in [5, 5.41) is 21.1. The first-order valence-corrected chi connectivity index (χ1v) is 16.5. The van der Waals surface area contributed by atoms with E-state index in [9.17, 15) is 10.2 Å². The van der Waals surface area contributed by atoms with Gasteiger partial charge in [-0.3, -0.25) is 0 Å². The zero-order chi connectivity index (χ0) is 34.2. The molecule has 0 aliphatic carbocycles. The Bertz CT molecular complexity index is 1330. The van der Waals surface area contributed by atoms with Gasteiger partial charge in [-0.25, -0.2) is 0 Å². The molecule has 264 valence electrons. The number of phenols is 2. The Balaban J connectivity index is 0.933. The molecule has 0 aromatic heterocycles. The molecule has 4 aromatic carbocycles. The lowest BCUT2D eigenvalue weighted by Crippen LogP contribution is -2.80. The van der Waals surface area contributed by atoms with Crippen LogP contribution in [0.1, 0.15) is 11.1 Å². The third kappa shape index (κ3) is 16.4. The summed E-state index contributed by atoms with van der Waals surface area (Å²) in [6, 6.07) is 29.6. The SMILES string of the molecule is Oc1cccc(OCCOCCOCCOc2ccc(C[NH2+]Cc3ccc(OCCOCCOCCOc4cccc(O)c4)cc3)cc2)c1. The highest BCUT2D eigenvalue weighted by atomic mass is 16.6. The smallest absolute Gasteiger partial charge is 0.123 e. The van der Waals surface area contributed by atoms with Gasteiger partial charge in [-0.2, -0.15) is 0 Å². The Hall–Kier alpha value is -4.52. The Kier molecular flexibility index (Phi) is 17.5. The van der Waals surface area contributed by atoms with Crippen LogP contribution in [0.25, 0.3) is 0 Å². The number of hydrogen-bond acceptors (Lipinski definition) is 10. The van der Waals surface area contributed by atoms with Crippen molar-refractivity contribution in [2.75, 3.05) is 79.3 Å². The van der Waals surface area contributed by atoms with E-state index in [1.54, 1.807) is 48.5 Å². The molecule has 4 rings (SSSR count). The van der Waals surface area contributed by atoms with Crippen LogP contribution in [0.5, 0.6) is 34.5 Å². The molecule has 0 saturated carbocycles. The Morgan fingerprint density at radius 2 is 0.694 bits per heavy atom. The lowest BCUT2D eigenvalue weighted by Gasteiger charge is -2.10. The van der Waals surface area contributed by atoms with E-state index in [0.29, 0.717) is 90.8 Å². The lowest BCUT2D eigenvalue weighted by molar-refractivity contribution is -0.686. The number of hydrogen-bond donors (Lipinski definition) is 3. The van der Waals surface area contributed by atoms with E-state index in [4.69, 9.17) is 37.9 Å². The molecule has 11 nitrogen and oxygen atoms in total. The number of nitrogens with two attached hydrogens (primary N) is 1. The topological polar surface area (TPSA) is 131 Å². The van der Waals surface area contributed by atoms with Crippen LogP contribution in [0.2, 0.25) is 0 Å². The van der Waals surface area contributed by atoms with Crippen LogP contribution in [-0.2, 0) is 32.0 Å². The average molecular weight is 679 g/mol. The molecule has 0 aliphatic rings. The number of phenolic OH excluding ortho intramolecular Hbond substituents is 2. The van der Waals surface area contributed by atoms with Crippen LogP contribution < -0.4 is 24.3 Å². The predicted octanol–water partition coefficient (Wildman–Crippen LogP) is 4.34. The van der Waals surface area contributed by atoms with Gasteiger partial charge in [-0.1, -0.05) is 12.1 Å². The first-order valence-electron chi connectivity index (χ1n) is 16.5. The van der Waals surface area contributed by atoms with Crippen molar-refractivity contribution in [2.45, 2.75) is 13.1 Å². The Morgan fingerprint density at radius 1 is 0.367 bits per heavy atom. The zero-order valence-electron chi connectivity index (χ0n) is 27.9. The second-order valence-electron chi connectivity index (χ2n) is 10.8. The molecule has 0 spiro atoms. The van der Waals surface area contributed by atoms with Crippen LogP contribution in [0, 0.1) is 0 Å². The summed E-state index contributed by atoms with van der Waals surface area (Å²) in [5.74, 6) is 3.21. The van der Waals surface area contributed by atoms with Crippen LogP contribution in [0.4, 0.5) is 0 Å². The fraction of sp³-hybridized carbons (Fsp3) is 0.368. The fourth-order valence-corrected chi connectivity index (χ4v) is 4.51. The van der Waals surface area contributed by atoms with Gasteiger partial charge in [0.15, 0.2) is 0 Å². The van der Waals surface area contributed by atoms with Crippen LogP contribution in [0.3, 0.4) is 0 Å². The van der Waals surface area contributed by atoms with E-state index in [0.717, 1.165) is 24.6 Å². The second kappa shape index (κ2) is 22.9. The Morgan fingerprint density at radius 3 is 1.04 bits per heavy atom. The van der Waals surface area contributed by atoms with E-state index >= 15 is 0 Å². The van der Waals surface area contributed by atoms with Gasteiger partial charge in [0.1, 0.15) is 74.0 Å². The molecule has 0 saturated heterocycles. The number of rotatable bonds is 26. The normalized spacial score (nSPS) is 10.9. The first-order chi connectivity index (χ1) is 24.1. The van der Waals surface area contributed by atoms with E-state index in [-0.39, 0.29) is 11.5 Å². The lowest BCUT2D eigenvalue weighted by atomic mass is 10.2. The van der Waals surface area contributed by atoms with Crippen LogP contribution in [-0.4, -0.2) is 89.5 Å². The molecule has 0 unspecified atom stereocenters. The second-order valence-corrected chi connectivity index (χ2v) is 10.8. The standard InChI is InChI=1S/C38H47NO10/c40-33-3-1-5-37(27-33)48-25-21-44-17-15-42-19-23-46-35-11-7-31(8-12-35)29-39-30-32-9-13-36(14-10-32)47-24-20-43-16-18-45-22-26-49-38-6-2-4-34(41)28-38/h1-14,27-28,39-41H,15-26,29-30H2/p+1. The van der Waals surface area contributed by atoms with Gasteiger partial charge >= 0.3 is 0 Å². The number of benzene rings is 4. The van der Waals surface area contributed by atoms with Gasteiger partial charge in [0.05, 0.1) is 52.9 Å². The number of aromatic hydroxyl groups is 2. The molecule has 0 aliphatic heterocycles. The third-order valence-electron chi connectivity index (χ3n) is 6.97. The van der Waals surface area contributed by atoms with Gasteiger partial charge in [0, 0.05) is 23.3 Å². The maximum atomic E-state index is 9.43. The predicted molar refractivity (Wildman–Crippen MR) is 184 cm³/mol. The zero-order valence-corrected chi connectivity index (χ0v) is 27.9. The molecule has 49 heavy (non-hydrogen) atoms. The fourth-order valence-electron chi connectivity index (χ4n) is 4.51. The molecule has 0 amide bonds. The largest absolute Gasteiger partial charge is 0.508 e. The molecular weight excluding hydrogens is 630 g/mol. The summed E-state index contributed by atoms with van der Waals surface area (Å²) >= 11 is 0. The molecular formula is C38H48NO10+. The molecule has 4 aromatic rings. The summed E-state index contributed by atoms with van der Waals surface area (Å²) in [6.45, 7) is 7.23. The van der Waals surface area contributed by atoms with E-state index in [1.165, 1.54) is 11.1 Å². The molecule has 0 fully saturated rings.